The van der Waals surface area contributed by atoms with E-state index >= 15 is 0 Å². The van der Waals surface area contributed by atoms with Crippen LogP contribution in [0.5, 0.6) is 0 Å². The number of nitrogens with zero attached hydrogens (tertiary/aromatic N) is 5. The van der Waals surface area contributed by atoms with E-state index in [1.807, 2.05) is 22.6 Å². The van der Waals surface area contributed by atoms with Crippen molar-refractivity contribution in [3.63, 3.8) is 0 Å². The van der Waals surface area contributed by atoms with Gasteiger partial charge in [0.15, 0.2) is 36.9 Å². The molecule has 5 unspecified atom stereocenters. The Morgan fingerprint density at radius 3 is 1.06 bits per heavy atom. The average Bonchev–Trinajstić information content (AvgIpc) is 1.69. The van der Waals surface area contributed by atoms with Crippen molar-refractivity contribution in [2.45, 2.75) is 168 Å². The van der Waals surface area contributed by atoms with Crippen molar-refractivity contribution in [2.75, 3.05) is 111 Å². The van der Waals surface area contributed by atoms with Gasteiger partial charge in [0.25, 0.3) is 23.6 Å². The van der Waals surface area contributed by atoms with Gasteiger partial charge in [-0.25, -0.2) is 0 Å². The molecule has 10 heterocycles. The SMILES string of the molecule is C=C1NC(=O)C(/C=C/CN)=CN1[C@@H]1OC(CCP(=C)(C)C)[C@@H](O)[C@H]1O.C=C1NC(=O)C(C)=CN1[C@@H]1OC(CCP(=C)(C)C)[C@@H](O)[C@H]1O.C=C1NC(=O)C(I)=CN1[C@@H]1OC(CCP(=C)(C)C)[C@@H](O)[C@H]1O.C=C1NC(=O)C(O)=CN1[C@@H]1OC(CCP(=C)(C)C)[C@@H](O)[C@H]1O.C=C1NC(=O)CCN1[C@@H]1OC(CCP(=C)(C)C)[C@@H](O)[C@H]1O. The molecule has 0 bridgehead atoms. The molecule has 0 aliphatic carbocycles. The number of nitrogens with one attached hydrogen (secondary N) is 5. The summed E-state index contributed by atoms with van der Waals surface area (Å²) in [6, 6.07) is 0. The molecule has 6 fully saturated rings. The van der Waals surface area contributed by atoms with Gasteiger partial charge in [0.2, 0.25) is 5.91 Å². The first kappa shape index (κ1) is 96.0. The van der Waals surface area contributed by atoms with Gasteiger partial charge < -0.3 is 137 Å². The summed E-state index contributed by atoms with van der Waals surface area (Å²) in [6.45, 7) is 36.2. The number of nitrogens with two attached hydrogens (primary N) is 1. The molecular formula is C74H123IN11O21P5. The lowest BCUT2D eigenvalue weighted by Crippen LogP contribution is -2.51. The molecule has 0 spiro atoms. The Balaban J connectivity index is 0.000000219. The molecule has 0 saturated carbocycles. The Labute approximate surface area is 672 Å². The number of hydrogen-bond acceptors (Lipinski definition) is 27. The third kappa shape index (κ3) is 26.8. The lowest BCUT2D eigenvalue weighted by Gasteiger charge is -2.36. The van der Waals surface area contributed by atoms with Gasteiger partial charge in [0, 0.05) is 43.7 Å². The van der Waals surface area contributed by atoms with E-state index in [2.05, 4.69) is 158 Å². The Hall–Kier alpha value is -4.86. The molecule has 0 aromatic heterocycles. The van der Waals surface area contributed by atoms with Crippen molar-refractivity contribution in [3.8, 4) is 0 Å². The molecule has 0 aromatic carbocycles. The highest BCUT2D eigenvalue weighted by Gasteiger charge is 2.52. The Morgan fingerprint density at radius 1 is 0.429 bits per heavy atom. The smallest absolute Gasteiger partial charge is 0.293 e. The molecule has 6 saturated heterocycles. The number of rotatable bonds is 22. The zero-order chi connectivity index (χ0) is 84.5. The summed E-state index contributed by atoms with van der Waals surface area (Å²) in [5.41, 5.74) is 6.29. The number of ether oxygens (including phenoxy) is 5. The number of aliphatic hydroxyl groups excluding tert-OH is 11. The molecule has 10 aliphatic heterocycles. The van der Waals surface area contributed by atoms with Gasteiger partial charge in [0.1, 0.15) is 90.1 Å². The molecular weight excluding hydrogens is 1660 g/mol. The predicted octanol–water partition coefficient (Wildman–Crippen LogP) is 0.545. The summed E-state index contributed by atoms with van der Waals surface area (Å²) in [5, 5.41) is 125. The summed E-state index contributed by atoms with van der Waals surface area (Å²) >= 11 is 1.90. The van der Waals surface area contributed by atoms with Crippen molar-refractivity contribution in [1.29, 1.82) is 0 Å². The van der Waals surface area contributed by atoms with Crippen molar-refractivity contribution in [1.82, 2.24) is 51.1 Å². The molecule has 632 valence electrons. The van der Waals surface area contributed by atoms with Crippen LogP contribution < -0.4 is 32.3 Å². The molecule has 38 heteroatoms. The van der Waals surface area contributed by atoms with Gasteiger partial charge >= 0.3 is 0 Å². The summed E-state index contributed by atoms with van der Waals surface area (Å²) in [7, 11) is 0. The summed E-state index contributed by atoms with van der Waals surface area (Å²) in [4.78, 5) is 65.4. The van der Waals surface area contributed by atoms with Crippen LogP contribution in [0.1, 0.15) is 45.4 Å². The zero-order valence-corrected chi connectivity index (χ0v) is 72.8. The largest absolute Gasteiger partial charge is 0.502 e. The van der Waals surface area contributed by atoms with Crippen molar-refractivity contribution < 1.29 is 104 Å². The number of aliphatic hydroxyl groups is 11. The van der Waals surface area contributed by atoms with E-state index in [-0.39, 0.29) is 35.3 Å². The molecule has 10 rings (SSSR count). The lowest BCUT2D eigenvalue weighted by atomic mass is 10.1. The third-order valence-corrected chi connectivity index (χ3v) is 27.4. The lowest BCUT2D eigenvalue weighted by molar-refractivity contribution is -0.128. The van der Waals surface area contributed by atoms with Crippen LogP contribution in [0.3, 0.4) is 0 Å². The maximum absolute atomic E-state index is 12.0. The molecule has 5 amide bonds. The molecule has 20 atom stereocenters. The third-order valence-electron chi connectivity index (χ3n) is 19.3. The number of carbonyl (C=O) groups excluding carboxylic acids is 5. The Kier molecular flexibility index (Phi) is 34.3. The van der Waals surface area contributed by atoms with Crippen LogP contribution in [0.25, 0.3) is 0 Å². The molecule has 18 N–H and O–H groups in total. The number of carbonyl (C=O) groups is 5. The van der Waals surface area contributed by atoms with Gasteiger partial charge in [-0.2, -0.15) is 0 Å². The second-order valence-corrected chi connectivity index (χ2v) is 55.4. The number of hydrogen-bond donors (Lipinski definition) is 17. The maximum Gasteiger partial charge on any atom is 0.293 e. The van der Waals surface area contributed by atoms with Crippen molar-refractivity contribution in [2.24, 2.45) is 5.73 Å². The average molecular weight is 1780 g/mol. The van der Waals surface area contributed by atoms with Crippen molar-refractivity contribution >= 4 is 118 Å². The van der Waals surface area contributed by atoms with Crippen LogP contribution in [0.2, 0.25) is 0 Å². The van der Waals surface area contributed by atoms with Gasteiger partial charge in [-0.15, -0.1) is 65.9 Å². The number of amides is 5. The Bertz CT molecular complexity index is 3690. The van der Waals surface area contributed by atoms with Gasteiger partial charge in [-0.05, 0) is 159 Å². The minimum atomic E-state index is -1.26. The van der Waals surface area contributed by atoms with E-state index in [0.29, 0.717) is 83.8 Å². The fourth-order valence-electron chi connectivity index (χ4n) is 12.8. The van der Waals surface area contributed by atoms with E-state index in [0.717, 1.165) is 37.0 Å². The van der Waals surface area contributed by atoms with E-state index in [4.69, 9.17) is 29.4 Å². The second kappa shape index (κ2) is 40.1. The monoisotopic (exact) mass is 1780 g/mol. The van der Waals surface area contributed by atoms with E-state index in [1.54, 1.807) is 52.4 Å². The van der Waals surface area contributed by atoms with Crippen LogP contribution in [-0.2, 0) is 47.7 Å². The van der Waals surface area contributed by atoms with E-state index in [9.17, 15) is 80.1 Å². The fourth-order valence-corrected chi connectivity index (χ4v) is 18.0. The first-order valence-electron chi connectivity index (χ1n) is 36.5. The first-order valence-corrected chi connectivity index (χ1v) is 52.9. The summed E-state index contributed by atoms with van der Waals surface area (Å²) < 4.78 is 29.6. The molecule has 0 aromatic rings. The topological polar surface area (TPSA) is 456 Å². The summed E-state index contributed by atoms with van der Waals surface area (Å²) in [6.07, 6.45) is 21.1. The van der Waals surface area contributed by atoms with E-state index in [1.165, 1.54) is 9.80 Å². The summed E-state index contributed by atoms with van der Waals surface area (Å²) in [5.74, 6) is -0.520. The van der Waals surface area contributed by atoms with Gasteiger partial charge in [0.05, 0.1) is 45.9 Å². The highest BCUT2D eigenvalue weighted by molar-refractivity contribution is 14.1. The van der Waals surface area contributed by atoms with Crippen LogP contribution in [-0.4, -0.2) is 375 Å². The first-order chi connectivity index (χ1) is 51.6. The standard InChI is InChI=1S/C17H28N3O4P.C15H25N2O4P.C14H22IN2O4P.C14H23N2O5P.C14H25N2O4P/c1-11-19-16(23)12(6-5-8-18)10-20(11)17-15(22)14(21)13(24-17)7-9-25(2,3)4;1-9-8-17(10(2)16-14(9)20)15-13(19)12(18)11(21-15)6-7-22(3,4)5;1-8-16-13(20)9(15)7-17(8)14-12(19)11(18)10(21-14)5-6-22(2,3)4;1-8-15-13(20)9(17)7-16(8)14-12(19)11(18)10(21-14)5-6-22(2,3)4;1-9-15-11(17)5-7-16(9)14-13(19)12(18)10(20-14)6-8-21(2,3)4/h5-6,10,13-15,17,21-22H,1-2,7-9,18H2,3-4H3,(H,19,23);8,11-13,15,18-19H,2-3,6-7H2,1,4-5H3,(H,16,20);7,10-12,14,18-19H,1-2,5-6H2,3-4H3,(H,16,20);7,10-12,14,17-19H,1-2,5-6H2,3-4H3,(H,15,20);10,12-14,18-19H,1-2,5-8H2,3-4H3,(H,15,17)/b6-5+;;;;/t13?,14-,15-,17-;11?,12-,13-,15-;2*10?,11-,12-,14-;10?,12-,13-,14-/m11111/s1. The quantitative estimate of drug-likeness (QED) is 0.0520. The number of halogens is 1. The van der Waals surface area contributed by atoms with Crippen LogP contribution in [0.4, 0.5) is 0 Å². The molecule has 32 nitrogen and oxygen atoms in total. The van der Waals surface area contributed by atoms with Crippen LogP contribution >= 0.6 is 57.0 Å². The van der Waals surface area contributed by atoms with Crippen LogP contribution in [0, 0.1) is 0 Å². The minimum Gasteiger partial charge on any atom is -0.502 e. The Morgan fingerprint density at radius 2 is 0.723 bits per heavy atom. The normalized spacial score (nSPS) is 32.7. The van der Waals surface area contributed by atoms with E-state index < -0.39 is 169 Å². The molecule has 112 heavy (non-hydrogen) atoms. The predicted molar refractivity (Wildman–Crippen MR) is 458 cm³/mol. The van der Waals surface area contributed by atoms with Crippen molar-refractivity contribution in [3.05, 3.63) is 119 Å². The van der Waals surface area contributed by atoms with Gasteiger partial charge in [-0.1, -0.05) is 45.0 Å². The second-order valence-electron chi connectivity index (χ2n) is 32.7. The molecule has 10 aliphatic rings. The van der Waals surface area contributed by atoms with Gasteiger partial charge in [-0.3, -0.25) is 24.0 Å². The highest BCUT2D eigenvalue weighted by atomic mass is 127. The highest BCUT2D eigenvalue weighted by Crippen LogP contribution is 2.44. The molecule has 0 radical (unpaired) electrons. The van der Waals surface area contributed by atoms with Crippen LogP contribution in [0.15, 0.2) is 119 Å². The zero-order valence-electron chi connectivity index (χ0n) is 66.2. The maximum atomic E-state index is 12.0. The fraction of sp³-hybridized carbons (Fsp3) is 0.595. The minimum absolute atomic E-state index is 0.0931.